The normalized spacial score (nSPS) is 12.5. The van der Waals surface area contributed by atoms with Gasteiger partial charge in [0.05, 0.1) is 0 Å². The molecule has 6 nitrogen and oxygen atoms in total. The number of carbonyl (C=O) groups excluding carboxylic acids is 3. The predicted octanol–water partition coefficient (Wildman–Crippen LogP) is 21.3. The van der Waals surface area contributed by atoms with E-state index in [-0.39, 0.29) is 31.1 Å². The molecule has 422 valence electrons. The van der Waals surface area contributed by atoms with Crippen LogP contribution < -0.4 is 0 Å². The molecule has 0 radical (unpaired) electrons. The number of allylic oxidation sites excluding steroid dienone is 12. The van der Waals surface area contributed by atoms with Crippen LogP contribution in [0.3, 0.4) is 0 Å². The van der Waals surface area contributed by atoms with E-state index < -0.39 is 6.10 Å². The van der Waals surface area contributed by atoms with E-state index in [0.29, 0.717) is 19.3 Å². The van der Waals surface area contributed by atoms with Gasteiger partial charge in [-0.1, -0.05) is 280 Å². The molecule has 0 spiro atoms. The van der Waals surface area contributed by atoms with Gasteiger partial charge in [0.1, 0.15) is 13.2 Å². The van der Waals surface area contributed by atoms with Gasteiger partial charge >= 0.3 is 17.9 Å². The van der Waals surface area contributed by atoms with E-state index in [2.05, 4.69) is 93.7 Å². The van der Waals surface area contributed by atoms with Gasteiger partial charge in [-0.3, -0.25) is 14.4 Å². The van der Waals surface area contributed by atoms with E-state index >= 15 is 0 Å². The Morgan fingerprint density at radius 3 is 0.849 bits per heavy atom. The molecule has 0 heterocycles. The summed E-state index contributed by atoms with van der Waals surface area (Å²) in [6.45, 7) is 6.54. The average molecular weight is 1020 g/mol. The lowest BCUT2D eigenvalue weighted by atomic mass is 10.0. The Balaban J connectivity index is 4.40. The first kappa shape index (κ1) is 69.8. The zero-order chi connectivity index (χ0) is 52.9. The molecule has 0 aliphatic rings. The van der Waals surface area contributed by atoms with Crippen LogP contribution in [0.1, 0.15) is 316 Å². The summed E-state index contributed by atoms with van der Waals surface area (Å²) in [5.41, 5.74) is 0. The van der Waals surface area contributed by atoms with Crippen molar-refractivity contribution in [3.05, 3.63) is 72.9 Å². The number of hydrogen-bond donors (Lipinski definition) is 0. The van der Waals surface area contributed by atoms with Crippen molar-refractivity contribution in [3.8, 4) is 0 Å². The van der Waals surface area contributed by atoms with Crippen LogP contribution in [0, 0.1) is 0 Å². The molecule has 0 aliphatic heterocycles. The van der Waals surface area contributed by atoms with Crippen molar-refractivity contribution in [1.29, 1.82) is 0 Å². The Morgan fingerprint density at radius 2 is 0.534 bits per heavy atom. The standard InChI is InChI=1S/C67H118O6/c1-4-7-10-13-16-19-22-25-28-31-32-33-34-37-39-42-45-48-51-54-57-60-66(69)72-63-64(73-67(70)61-58-55-52-49-46-43-40-36-30-27-24-21-18-15-12-9-6-3)62-71-65(68)59-56-53-50-47-44-41-38-35-29-26-23-20-17-14-11-8-5-2/h7,10,16,19,25,27-28,30,32-33,37,39,64H,4-6,8-9,11-15,17-18,20-24,26,29,31,34-36,38,40-63H2,1-3H3/b10-7-,19-16-,28-25-,30-27-,33-32-,39-37-. The van der Waals surface area contributed by atoms with Gasteiger partial charge < -0.3 is 14.2 Å². The highest BCUT2D eigenvalue weighted by Crippen LogP contribution is 2.17. The molecular weight excluding hydrogens is 901 g/mol. The zero-order valence-corrected chi connectivity index (χ0v) is 48.4. The SMILES string of the molecule is CC/C=C\C/C=C\C/C=C\C/C=C\C/C=C\CCCCCCCC(=O)OCC(COC(=O)CCCCCCCCCCCCCCCCCCC)OC(=O)CCCCCCCCC/C=C\CCCCCCCC. The summed E-state index contributed by atoms with van der Waals surface area (Å²) in [5, 5.41) is 0. The minimum Gasteiger partial charge on any atom is -0.462 e. The molecule has 0 aromatic carbocycles. The maximum absolute atomic E-state index is 12.9. The number of hydrogen-bond acceptors (Lipinski definition) is 6. The summed E-state index contributed by atoms with van der Waals surface area (Å²) in [6, 6.07) is 0. The minimum absolute atomic E-state index is 0.0804. The van der Waals surface area contributed by atoms with Crippen molar-refractivity contribution < 1.29 is 28.6 Å². The highest BCUT2D eigenvalue weighted by Gasteiger charge is 2.19. The Labute approximate surface area is 453 Å². The molecule has 73 heavy (non-hydrogen) atoms. The van der Waals surface area contributed by atoms with Crippen LogP contribution >= 0.6 is 0 Å². The van der Waals surface area contributed by atoms with Crippen LogP contribution in [0.25, 0.3) is 0 Å². The summed E-state index contributed by atoms with van der Waals surface area (Å²) in [7, 11) is 0. The Hall–Kier alpha value is -3.15. The predicted molar refractivity (Wildman–Crippen MR) is 316 cm³/mol. The van der Waals surface area contributed by atoms with E-state index in [1.54, 1.807) is 0 Å². The Morgan fingerprint density at radius 1 is 0.288 bits per heavy atom. The van der Waals surface area contributed by atoms with Crippen LogP contribution in [0.5, 0.6) is 0 Å². The van der Waals surface area contributed by atoms with E-state index in [4.69, 9.17) is 14.2 Å². The number of ether oxygens (including phenoxy) is 3. The second kappa shape index (κ2) is 61.4. The lowest BCUT2D eigenvalue weighted by molar-refractivity contribution is -0.167. The molecule has 6 heteroatoms. The molecule has 1 unspecified atom stereocenters. The van der Waals surface area contributed by atoms with Crippen molar-refractivity contribution >= 4 is 17.9 Å². The third kappa shape index (κ3) is 59.6. The molecule has 0 saturated heterocycles. The maximum Gasteiger partial charge on any atom is 0.306 e. The highest BCUT2D eigenvalue weighted by atomic mass is 16.6. The number of carbonyl (C=O) groups is 3. The van der Waals surface area contributed by atoms with Gasteiger partial charge in [-0.2, -0.15) is 0 Å². The monoisotopic (exact) mass is 1020 g/mol. The molecule has 0 rings (SSSR count). The summed E-state index contributed by atoms with van der Waals surface area (Å²) < 4.78 is 16.9. The topological polar surface area (TPSA) is 78.9 Å². The van der Waals surface area contributed by atoms with Crippen molar-refractivity contribution in [1.82, 2.24) is 0 Å². The maximum atomic E-state index is 12.9. The summed E-state index contributed by atoms with van der Waals surface area (Å²) >= 11 is 0. The van der Waals surface area contributed by atoms with E-state index in [1.807, 2.05) is 0 Å². The Kier molecular flexibility index (Phi) is 58.7. The first-order valence-corrected chi connectivity index (χ1v) is 31.4. The van der Waals surface area contributed by atoms with Crippen LogP contribution in [-0.4, -0.2) is 37.2 Å². The molecule has 0 aliphatic carbocycles. The van der Waals surface area contributed by atoms with E-state index in [0.717, 1.165) is 109 Å². The van der Waals surface area contributed by atoms with Gasteiger partial charge in [0, 0.05) is 19.3 Å². The zero-order valence-electron chi connectivity index (χ0n) is 48.4. The summed E-state index contributed by atoms with van der Waals surface area (Å²) in [6.07, 6.45) is 78.9. The fraction of sp³-hybridized carbons (Fsp3) is 0.776. The van der Waals surface area contributed by atoms with Gasteiger partial charge in [0.15, 0.2) is 6.10 Å². The fourth-order valence-corrected chi connectivity index (χ4v) is 9.00. The molecule has 0 aromatic rings. The van der Waals surface area contributed by atoms with E-state index in [9.17, 15) is 14.4 Å². The largest absolute Gasteiger partial charge is 0.462 e. The quantitative estimate of drug-likeness (QED) is 0.0261. The summed E-state index contributed by atoms with van der Waals surface area (Å²) in [5.74, 6) is -0.889. The van der Waals surface area contributed by atoms with Gasteiger partial charge in [0.2, 0.25) is 0 Å². The molecule has 0 amide bonds. The third-order valence-electron chi connectivity index (χ3n) is 13.7. The molecule has 0 saturated carbocycles. The molecule has 0 fully saturated rings. The van der Waals surface area contributed by atoms with Gasteiger partial charge in [-0.15, -0.1) is 0 Å². The lowest BCUT2D eigenvalue weighted by Crippen LogP contribution is -2.30. The molecule has 0 aromatic heterocycles. The van der Waals surface area contributed by atoms with Crippen LogP contribution in [0.2, 0.25) is 0 Å². The molecule has 1 atom stereocenters. The van der Waals surface area contributed by atoms with Crippen molar-refractivity contribution in [2.45, 2.75) is 322 Å². The first-order valence-electron chi connectivity index (χ1n) is 31.4. The van der Waals surface area contributed by atoms with Gasteiger partial charge in [-0.25, -0.2) is 0 Å². The van der Waals surface area contributed by atoms with Crippen LogP contribution in [0.4, 0.5) is 0 Å². The van der Waals surface area contributed by atoms with E-state index in [1.165, 1.54) is 167 Å². The number of unbranched alkanes of at least 4 members (excludes halogenated alkanes) is 34. The Bertz CT molecular complexity index is 1360. The summed E-state index contributed by atoms with van der Waals surface area (Å²) in [4.78, 5) is 38.3. The number of esters is 3. The van der Waals surface area contributed by atoms with Crippen LogP contribution in [0.15, 0.2) is 72.9 Å². The second-order valence-electron chi connectivity index (χ2n) is 20.9. The average Bonchev–Trinajstić information content (AvgIpc) is 3.39. The lowest BCUT2D eigenvalue weighted by Gasteiger charge is -2.18. The smallest absolute Gasteiger partial charge is 0.306 e. The third-order valence-corrected chi connectivity index (χ3v) is 13.7. The molecular formula is C67H118O6. The molecule has 0 bridgehead atoms. The van der Waals surface area contributed by atoms with Crippen molar-refractivity contribution in [3.63, 3.8) is 0 Å². The first-order chi connectivity index (χ1) is 36.0. The molecule has 0 N–H and O–H groups in total. The highest BCUT2D eigenvalue weighted by molar-refractivity contribution is 5.71. The minimum atomic E-state index is -0.785. The number of rotatable bonds is 57. The fourth-order valence-electron chi connectivity index (χ4n) is 9.00. The van der Waals surface area contributed by atoms with Crippen molar-refractivity contribution in [2.24, 2.45) is 0 Å². The van der Waals surface area contributed by atoms with Crippen LogP contribution in [-0.2, 0) is 28.6 Å². The van der Waals surface area contributed by atoms with Crippen molar-refractivity contribution in [2.75, 3.05) is 13.2 Å². The van der Waals surface area contributed by atoms with Gasteiger partial charge in [0.25, 0.3) is 0 Å². The second-order valence-corrected chi connectivity index (χ2v) is 20.9. The van der Waals surface area contributed by atoms with Gasteiger partial charge in [-0.05, 0) is 89.9 Å².